The van der Waals surface area contributed by atoms with Crippen molar-refractivity contribution in [3.63, 3.8) is 0 Å². The molecule has 3 rings (SSSR count). The molecule has 0 radical (unpaired) electrons. The first-order valence-corrected chi connectivity index (χ1v) is 9.37. The summed E-state index contributed by atoms with van der Waals surface area (Å²) in [6, 6.07) is 0. The molecule has 2 saturated carbocycles. The molecule has 0 aliphatic heterocycles. The lowest BCUT2D eigenvalue weighted by atomic mass is 9.44. The summed E-state index contributed by atoms with van der Waals surface area (Å²) >= 11 is 0. The van der Waals surface area contributed by atoms with E-state index in [0.29, 0.717) is 6.42 Å². The maximum atomic E-state index is 12.5. The van der Waals surface area contributed by atoms with Gasteiger partial charge in [0.05, 0.1) is 18.8 Å². The summed E-state index contributed by atoms with van der Waals surface area (Å²) in [6.45, 7) is 7.53. The van der Waals surface area contributed by atoms with Crippen molar-refractivity contribution >= 4 is 5.78 Å². The topological polar surface area (TPSA) is 98.0 Å². The second-order valence-corrected chi connectivity index (χ2v) is 9.64. The molecule has 3 aliphatic carbocycles. The van der Waals surface area contributed by atoms with Crippen LogP contribution >= 0.6 is 0 Å². The predicted octanol–water partition coefficient (Wildman–Crippen LogP) is 1.43. The van der Waals surface area contributed by atoms with Crippen molar-refractivity contribution in [3.05, 3.63) is 11.6 Å². The van der Waals surface area contributed by atoms with E-state index in [4.69, 9.17) is 0 Å². The van der Waals surface area contributed by atoms with Crippen molar-refractivity contribution in [1.82, 2.24) is 0 Å². The Hall–Kier alpha value is -0.750. The standard InChI is InChI=1S/C20H32O5/c1-18(2)14-6-5-11-7-19(3,15(24)10-21)8-12(22)16(11)20(14,4)9-13(23)17(18)25/h7,12,14-17,21-22,24-25H,5-6,8-10H2,1-4H3/t12-,14+,15-,16-,17+,19-,20+/m1/s1. The lowest BCUT2D eigenvalue weighted by Gasteiger charge is -2.61. The fraction of sp³-hybridized carbons (Fsp3) is 0.850. The van der Waals surface area contributed by atoms with Crippen LogP contribution in [0.2, 0.25) is 0 Å². The Labute approximate surface area is 149 Å². The van der Waals surface area contributed by atoms with Gasteiger partial charge in [-0.05, 0) is 30.6 Å². The number of carbonyl (C=O) groups is 1. The Kier molecular flexibility index (Phi) is 4.47. The van der Waals surface area contributed by atoms with Crippen LogP contribution in [0.5, 0.6) is 0 Å². The van der Waals surface area contributed by atoms with Crippen molar-refractivity contribution in [1.29, 1.82) is 0 Å². The molecule has 0 aromatic rings. The monoisotopic (exact) mass is 352 g/mol. The maximum Gasteiger partial charge on any atom is 0.162 e. The van der Waals surface area contributed by atoms with Crippen LogP contribution in [0, 0.1) is 28.1 Å². The zero-order valence-corrected chi connectivity index (χ0v) is 15.7. The number of fused-ring (bicyclic) bond motifs is 3. The molecule has 7 atom stereocenters. The molecule has 0 aromatic carbocycles. The van der Waals surface area contributed by atoms with Gasteiger partial charge >= 0.3 is 0 Å². The van der Waals surface area contributed by atoms with E-state index in [2.05, 4.69) is 6.92 Å². The smallest absolute Gasteiger partial charge is 0.162 e. The zero-order chi connectivity index (χ0) is 18.8. The Bertz CT molecular complexity index is 597. The molecular formula is C20H32O5. The van der Waals surface area contributed by atoms with Gasteiger partial charge in [-0.2, -0.15) is 0 Å². The van der Waals surface area contributed by atoms with Crippen LogP contribution < -0.4 is 0 Å². The minimum atomic E-state index is -0.946. The van der Waals surface area contributed by atoms with Crippen LogP contribution in [0.15, 0.2) is 11.6 Å². The van der Waals surface area contributed by atoms with Crippen molar-refractivity contribution < 1.29 is 25.2 Å². The van der Waals surface area contributed by atoms with Crippen LogP contribution in [0.4, 0.5) is 0 Å². The Morgan fingerprint density at radius 2 is 1.88 bits per heavy atom. The summed E-state index contributed by atoms with van der Waals surface area (Å²) in [4.78, 5) is 12.5. The van der Waals surface area contributed by atoms with Gasteiger partial charge in [-0.3, -0.25) is 4.79 Å². The van der Waals surface area contributed by atoms with Crippen LogP contribution in [-0.4, -0.2) is 51.1 Å². The van der Waals surface area contributed by atoms with E-state index in [0.717, 1.165) is 18.4 Å². The number of carbonyl (C=O) groups excluding carboxylic acids is 1. The van der Waals surface area contributed by atoms with Gasteiger partial charge in [-0.1, -0.05) is 39.3 Å². The Morgan fingerprint density at radius 3 is 2.48 bits per heavy atom. The minimum absolute atomic E-state index is 0.138. The molecule has 0 bridgehead atoms. The molecular weight excluding hydrogens is 320 g/mol. The third kappa shape index (κ3) is 2.62. The molecule has 0 heterocycles. The highest BCUT2D eigenvalue weighted by molar-refractivity contribution is 5.85. The van der Waals surface area contributed by atoms with Gasteiger partial charge in [0.1, 0.15) is 6.10 Å². The van der Waals surface area contributed by atoms with Crippen LogP contribution in [0.25, 0.3) is 0 Å². The van der Waals surface area contributed by atoms with Gasteiger partial charge in [0, 0.05) is 23.2 Å². The highest BCUT2D eigenvalue weighted by Crippen LogP contribution is 2.63. The van der Waals surface area contributed by atoms with Crippen LogP contribution in [0.1, 0.15) is 53.4 Å². The molecule has 2 fully saturated rings. The average molecular weight is 352 g/mol. The summed E-state index contributed by atoms with van der Waals surface area (Å²) in [6.07, 6.45) is 1.80. The van der Waals surface area contributed by atoms with Gasteiger partial charge in [-0.15, -0.1) is 0 Å². The van der Waals surface area contributed by atoms with Crippen molar-refractivity contribution in [2.75, 3.05) is 6.61 Å². The van der Waals surface area contributed by atoms with Crippen molar-refractivity contribution in [2.24, 2.45) is 28.1 Å². The third-order valence-corrected chi connectivity index (χ3v) is 7.57. The van der Waals surface area contributed by atoms with E-state index < -0.39 is 34.6 Å². The lowest BCUT2D eigenvalue weighted by Crippen LogP contribution is -2.61. The Morgan fingerprint density at radius 1 is 1.24 bits per heavy atom. The molecule has 0 amide bonds. The van der Waals surface area contributed by atoms with Gasteiger partial charge in [0.25, 0.3) is 0 Å². The largest absolute Gasteiger partial charge is 0.394 e. The minimum Gasteiger partial charge on any atom is -0.394 e. The maximum absolute atomic E-state index is 12.5. The van der Waals surface area contributed by atoms with Crippen molar-refractivity contribution in [3.8, 4) is 0 Å². The summed E-state index contributed by atoms with van der Waals surface area (Å²) in [5, 5.41) is 41.0. The molecule has 5 nitrogen and oxygen atoms in total. The first-order valence-electron chi connectivity index (χ1n) is 9.37. The quantitative estimate of drug-likeness (QED) is 0.564. The molecule has 25 heavy (non-hydrogen) atoms. The highest BCUT2D eigenvalue weighted by atomic mass is 16.3. The molecule has 0 unspecified atom stereocenters. The normalized spacial score (nSPS) is 47.5. The predicted molar refractivity (Wildman–Crippen MR) is 93.6 cm³/mol. The fourth-order valence-electron chi connectivity index (χ4n) is 6.31. The van der Waals surface area contributed by atoms with Gasteiger partial charge < -0.3 is 20.4 Å². The van der Waals surface area contributed by atoms with E-state index in [-0.39, 0.29) is 30.6 Å². The molecule has 142 valence electrons. The first-order chi connectivity index (χ1) is 11.5. The number of hydrogen-bond donors (Lipinski definition) is 4. The van der Waals surface area contributed by atoms with E-state index in [1.54, 1.807) is 0 Å². The second kappa shape index (κ2) is 5.88. The van der Waals surface area contributed by atoms with Crippen LogP contribution in [0.3, 0.4) is 0 Å². The fourth-order valence-corrected chi connectivity index (χ4v) is 6.31. The Balaban J connectivity index is 2.04. The van der Waals surface area contributed by atoms with Gasteiger partial charge in [0.15, 0.2) is 5.78 Å². The third-order valence-electron chi connectivity index (χ3n) is 7.57. The molecule has 0 spiro atoms. The number of Topliss-reactive ketones (excluding diaryl/α,β-unsaturated/α-hetero) is 1. The molecule has 4 N–H and O–H groups in total. The number of ketones is 1. The molecule has 0 saturated heterocycles. The van der Waals surface area contributed by atoms with E-state index in [1.807, 2.05) is 26.8 Å². The second-order valence-electron chi connectivity index (χ2n) is 9.64. The summed E-state index contributed by atoms with van der Waals surface area (Å²) < 4.78 is 0. The first kappa shape index (κ1) is 19.0. The SMILES string of the molecule is CC1(C)[C@@H](O)C(=O)C[C@]2(C)[C@@H]3C(=C[C@@](C)([C@H](O)CO)C[C@H]3O)CC[C@@H]12. The summed E-state index contributed by atoms with van der Waals surface area (Å²) in [7, 11) is 0. The number of rotatable bonds is 2. The zero-order valence-electron chi connectivity index (χ0n) is 15.7. The summed E-state index contributed by atoms with van der Waals surface area (Å²) in [5.74, 6) is -0.126. The number of hydrogen-bond acceptors (Lipinski definition) is 5. The molecule has 0 aromatic heterocycles. The molecule has 5 heteroatoms. The van der Waals surface area contributed by atoms with E-state index in [9.17, 15) is 25.2 Å². The van der Waals surface area contributed by atoms with Gasteiger partial charge in [0.2, 0.25) is 0 Å². The highest BCUT2D eigenvalue weighted by Gasteiger charge is 2.61. The van der Waals surface area contributed by atoms with Crippen molar-refractivity contribution in [2.45, 2.75) is 71.7 Å². The number of aliphatic hydroxyl groups is 4. The van der Waals surface area contributed by atoms with E-state index >= 15 is 0 Å². The lowest BCUT2D eigenvalue weighted by molar-refractivity contribution is -0.170. The average Bonchev–Trinajstić information content (AvgIpc) is 2.50. The summed E-state index contributed by atoms with van der Waals surface area (Å²) in [5.41, 5.74) is -0.473. The number of aliphatic hydroxyl groups excluding tert-OH is 4. The van der Waals surface area contributed by atoms with Crippen LogP contribution in [-0.2, 0) is 4.79 Å². The van der Waals surface area contributed by atoms with Gasteiger partial charge in [-0.25, -0.2) is 0 Å². The van der Waals surface area contributed by atoms with E-state index in [1.165, 1.54) is 0 Å². The molecule has 3 aliphatic rings.